The van der Waals surface area contributed by atoms with Gasteiger partial charge in [0.05, 0.1) is 0 Å². The van der Waals surface area contributed by atoms with Crippen LogP contribution in [-0.2, 0) is 0 Å². The van der Waals surface area contributed by atoms with E-state index >= 15 is 0 Å². The number of hydrogen-bond donors (Lipinski definition) is 0. The maximum atomic E-state index is 2.31. The van der Waals surface area contributed by atoms with Gasteiger partial charge in [-0.25, -0.2) is 0 Å². The molecule has 0 heterocycles. The molecule has 2 aromatic carbocycles. The van der Waals surface area contributed by atoms with Gasteiger partial charge < -0.3 is 0 Å². The third-order valence-corrected chi connectivity index (χ3v) is 4.50. The summed E-state index contributed by atoms with van der Waals surface area (Å²) in [6.07, 6.45) is 0. The van der Waals surface area contributed by atoms with E-state index in [0.717, 1.165) is 8.58 Å². The van der Waals surface area contributed by atoms with Crippen molar-refractivity contribution in [3.8, 4) is 0 Å². The zero-order valence-corrected chi connectivity index (χ0v) is 12.0. The molecule has 0 aliphatic rings. The molecular formula is C16H20NaP. The van der Waals surface area contributed by atoms with Gasteiger partial charge in [0.2, 0.25) is 0 Å². The Morgan fingerprint density at radius 3 is 1.33 bits per heavy atom. The molecule has 0 bridgehead atoms. The molecule has 2 rings (SSSR count). The molecule has 0 saturated carbocycles. The Bertz CT molecular complexity index is 497. The molecule has 0 aliphatic heterocycles. The van der Waals surface area contributed by atoms with Crippen molar-refractivity contribution in [2.45, 2.75) is 27.7 Å². The molecule has 0 radical (unpaired) electrons. The van der Waals surface area contributed by atoms with Gasteiger partial charge in [-0.05, 0) is 60.6 Å². The average molecular weight is 266 g/mol. The molecule has 2 heteroatoms. The molecule has 0 N–H and O–H groups in total. The first-order valence-corrected chi connectivity index (χ1v) is 6.98. The van der Waals surface area contributed by atoms with E-state index in [9.17, 15) is 0 Å². The van der Waals surface area contributed by atoms with Gasteiger partial charge in [-0.15, -0.1) is 0 Å². The van der Waals surface area contributed by atoms with Crippen LogP contribution in [0.1, 0.15) is 22.3 Å². The van der Waals surface area contributed by atoms with Crippen LogP contribution in [0, 0.1) is 27.7 Å². The minimum atomic E-state index is 0. The van der Waals surface area contributed by atoms with E-state index in [-0.39, 0.29) is 29.6 Å². The second kappa shape index (κ2) is 6.87. The van der Waals surface area contributed by atoms with Crippen LogP contribution < -0.4 is 10.6 Å². The summed E-state index contributed by atoms with van der Waals surface area (Å²) >= 11 is 0. The van der Waals surface area contributed by atoms with Crippen LogP contribution in [-0.4, -0.2) is 29.6 Å². The molecule has 18 heavy (non-hydrogen) atoms. The second-order valence-electron chi connectivity index (χ2n) is 4.72. The Labute approximate surface area is 134 Å². The van der Waals surface area contributed by atoms with Crippen molar-refractivity contribution < 1.29 is 0 Å². The fourth-order valence-electron chi connectivity index (χ4n) is 1.81. The van der Waals surface area contributed by atoms with Crippen LogP contribution in [0.25, 0.3) is 0 Å². The predicted molar refractivity (Wildman–Crippen MR) is 86.6 cm³/mol. The van der Waals surface area contributed by atoms with Gasteiger partial charge in [0.15, 0.2) is 0 Å². The number of aryl methyl sites for hydroxylation is 4. The van der Waals surface area contributed by atoms with Crippen LogP contribution in [0.3, 0.4) is 0 Å². The fourth-order valence-corrected chi connectivity index (χ4v) is 3.05. The van der Waals surface area contributed by atoms with Gasteiger partial charge in [0, 0.05) is 0 Å². The van der Waals surface area contributed by atoms with E-state index < -0.39 is 0 Å². The van der Waals surface area contributed by atoms with Crippen LogP contribution in [0.4, 0.5) is 0 Å². The molecule has 0 amide bonds. The van der Waals surface area contributed by atoms with E-state index in [2.05, 4.69) is 64.1 Å². The molecular weight excluding hydrogens is 246 g/mol. The van der Waals surface area contributed by atoms with E-state index in [1.807, 2.05) is 0 Å². The molecule has 0 nitrogen and oxygen atoms in total. The van der Waals surface area contributed by atoms with E-state index in [1.54, 1.807) is 0 Å². The van der Waals surface area contributed by atoms with Crippen molar-refractivity contribution in [1.29, 1.82) is 0 Å². The summed E-state index contributed by atoms with van der Waals surface area (Å²) in [7, 11) is 0.762. The summed E-state index contributed by atoms with van der Waals surface area (Å²) < 4.78 is 0. The first-order valence-electron chi connectivity index (χ1n) is 5.98. The first-order chi connectivity index (χ1) is 8.06. The standard InChI is InChI=1S/C16H19P.Na.H/c1-11-5-7-15(9-13(11)3)17-16-8-6-12(2)14(4)10-16;;/h5-10,17H,1-4H3;;. The normalized spacial score (nSPS) is 10.0. The Kier molecular flexibility index (Phi) is 6.08. The second-order valence-corrected chi connectivity index (χ2v) is 6.13. The maximum absolute atomic E-state index is 2.31. The van der Waals surface area contributed by atoms with Gasteiger partial charge in [-0.1, -0.05) is 45.0 Å². The molecule has 0 fully saturated rings. The Morgan fingerprint density at radius 1 is 0.611 bits per heavy atom. The summed E-state index contributed by atoms with van der Waals surface area (Å²) in [5.74, 6) is 0. The molecule has 2 aromatic rings. The van der Waals surface area contributed by atoms with E-state index in [4.69, 9.17) is 0 Å². The number of rotatable bonds is 2. The first kappa shape index (κ1) is 15.9. The third-order valence-electron chi connectivity index (χ3n) is 3.30. The summed E-state index contributed by atoms with van der Waals surface area (Å²) in [4.78, 5) is 0. The zero-order chi connectivity index (χ0) is 12.4. The van der Waals surface area contributed by atoms with Gasteiger partial charge in [0.25, 0.3) is 0 Å². The molecule has 0 atom stereocenters. The quantitative estimate of drug-likeness (QED) is 0.579. The van der Waals surface area contributed by atoms with Crippen molar-refractivity contribution in [2.24, 2.45) is 0 Å². The molecule has 0 saturated heterocycles. The Balaban J connectivity index is 0.00000162. The van der Waals surface area contributed by atoms with Gasteiger partial charge in [0.1, 0.15) is 0 Å². The summed E-state index contributed by atoms with van der Waals surface area (Å²) in [5.41, 5.74) is 5.52. The van der Waals surface area contributed by atoms with Crippen molar-refractivity contribution in [3.05, 3.63) is 58.7 Å². The number of benzene rings is 2. The van der Waals surface area contributed by atoms with E-state index in [0.29, 0.717) is 0 Å². The SMILES string of the molecule is Cc1ccc(Pc2ccc(C)c(C)c2)cc1C.[NaH]. The minimum absolute atomic E-state index is 0. The van der Waals surface area contributed by atoms with Crippen molar-refractivity contribution in [1.82, 2.24) is 0 Å². The number of hydrogen-bond acceptors (Lipinski definition) is 0. The summed E-state index contributed by atoms with van der Waals surface area (Å²) in [6, 6.07) is 13.6. The van der Waals surface area contributed by atoms with Gasteiger partial charge in [-0.2, -0.15) is 0 Å². The molecule has 0 aliphatic carbocycles. The molecule has 0 spiro atoms. The predicted octanol–water partition coefficient (Wildman–Crippen LogP) is 2.90. The zero-order valence-electron chi connectivity index (χ0n) is 11.0. The van der Waals surface area contributed by atoms with Crippen LogP contribution >= 0.6 is 8.58 Å². The fraction of sp³-hybridized carbons (Fsp3) is 0.250. The van der Waals surface area contributed by atoms with Crippen LogP contribution in [0.15, 0.2) is 36.4 Å². The molecule has 0 aromatic heterocycles. The molecule has 0 unspecified atom stereocenters. The van der Waals surface area contributed by atoms with Gasteiger partial charge in [-0.3, -0.25) is 0 Å². The average Bonchev–Trinajstić information content (AvgIpc) is 2.29. The van der Waals surface area contributed by atoms with E-state index in [1.165, 1.54) is 32.9 Å². The molecule has 90 valence electrons. The topological polar surface area (TPSA) is 0 Å². The summed E-state index contributed by atoms with van der Waals surface area (Å²) in [5, 5.41) is 2.85. The van der Waals surface area contributed by atoms with Crippen LogP contribution in [0.2, 0.25) is 0 Å². The van der Waals surface area contributed by atoms with Crippen LogP contribution in [0.5, 0.6) is 0 Å². The monoisotopic (exact) mass is 266 g/mol. The van der Waals surface area contributed by atoms with Gasteiger partial charge >= 0.3 is 29.6 Å². The Morgan fingerprint density at radius 2 is 1.00 bits per heavy atom. The summed E-state index contributed by atoms with van der Waals surface area (Å²) in [6.45, 7) is 8.70. The Hall–Kier alpha value is -0.130. The third kappa shape index (κ3) is 3.93. The van der Waals surface area contributed by atoms with Crippen molar-refractivity contribution in [3.63, 3.8) is 0 Å². The van der Waals surface area contributed by atoms with Crippen molar-refractivity contribution in [2.75, 3.05) is 0 Å². The van der Waals surface area contributed by atoms with Crippen molar-refractivity contribution >= 4 is 48.7 Å².